The van der Waals surface area contributed by atoms with Crippen LogP contribution in [0.2, 0.25) is 5.02 Å². The summed E-state index contributed by atoms with van der Waals surface area (Å²) in [6, 6.07) is 13.5. The third-order valence-electron chi connectivity index (χ3n) is 3.89. The molecule has 27 heavy (non-hydrogen) atoms. The van der Waals surface area contributed by atoms with Crippen LogP contribution < -0.4 is 16.1 Å². The monoisotopic (exact) mass is 384 g/mol. The highest BCUT2D eigenvalue weighted by atomic mass is 35.5. The van der Waals surface area contributed by atoms with Crippen molar-refractivity contribution in [1.29, 1.82) is 0 Å². The van der Waals surface area contributed by atoms with E-state index in [-0.39, 0.29) is 36.9 Å². The molecule has 0 spiro atoms. The Hall–Kier alpha value is -3.19. The summed E-state index contributed by atoms with van der Waals surface area (Å²) in [5.74, 6) is -0.508. The Morgan fingerprint density at radius 2 is 1.70 bits per heavy atom. The first-order chi connectivity index (χ1) is 13.0. The van der Waals surface area contributed by atoms with Gasteiger partial charge in [-0.05, 0) is 36.4 Å². The lowest BCUT2D eigenvalue weighted by Gasteiger charge is -2.10. The van der Waals surface area contributed by atoms with Crippen molar-refractivity contribution in [2.75, 3.05) is 13.1 Å². The number of nitrogens with zero attached hydrogens (tertiary/aromatic N) is 2. The molecular weight excluding hydrogens is 368 g/mol. The van der Waals surface area contributed by atoms with Crippen molar-refractivity contribution in [1.82, 2.24) is 20.4 Å². The van der Waals surface area contributed by atoms with E-state index in [1.165, 1.54) is 10.9 Å². The van der Waals surface area contributed by atoms with Crippen molar-refractivity contribution >= 4 is 34.3 Å². The lowest BCUT2D eigenvalue weighted by molar-refractivity contribution is -0.121. The van der Waals surface area contributed by atoms with Crippen molar-refractivity contribution < 1.29 is 9.59 Å². The zero-order valence-electron chi connectivity index (χ0n) is 14.3. The van der Waals surface area contributed by atoms with Gasteiger partial charge in [0.25, 0.3) is 5.91 Å². The quantitative estimate of drug-likeness (QED) is 0.631. The Labute approximate surface area is 160 Å². The van der Waals surface area contributed by atoms with E-state index in [1.54, 1.807) is 48.5 Å². The molecule has 0 aliphatic rings. The highest BCUT2D eigenvalue weighted by molar-refractivity contribution is 6.30. The largest absolute Gasteiger partial charge is 0.353 e. The first-order valence-corrected chi connectivity index (χ1v) is 8.68. The normalized spacial score (nSPS) is 10.6. The first-order valence-electron chi connectivity index (χ1n) is 8.30. The van der Waals surface area contributed by atoms with E-state index in [9.17, 15) is 14.4 Å². The molecule has 7 nitrogen and oxygen atoms in total. The van der Waals surface area contributed by atoms with E-state index in [0.29, 0.717) is 21.5 Å². The number of rotatable bonds is 6. The zero-order valence-corrected chi connectivity index (χ0v) is 15.1. The first kappa shape index (κ1) is 18.6. The third-order valence-corrected chi connectivity index (χ3v) is 4.15. The number of hydrogen-bond acceptors (Lipinski definition) is 4. The number of carbonyl (C=O) groups excluding carboxylic acids is 2. The Morgan fingerprint density at radius 3 is 2.48 bits per heavy atom. The van der Waals surface area contributed by atoms with Crippen LogP contribution in [0.25, 0.3) is 10.9 Å². The minimum atomic E-state index is -0.267. The summed E-state index contributed by atoms with van der Waals surface area (Å²) in [4.78, 5) is 35.9. The van der Waals surface area contributed by atoms with E-state index in [4.69, 9.17) is 11.6 Å². The van der Waals surface area contributed by atoms with Gasteiger partial charge in [-0.1, -0.05) is 23.7 Å². The van der Waals surface area contributed by atoms with Crippen LogP contribution >= 0.6 is 11.6 Å². The molecule has 3 rings (SSSR count). The van der Waals surface area contributed by atoms with Gasteiger partial charge in [0.2, 0.25) is 11.3 Å². The molecule has 1 aromatic heterocycles. The molecule has 0 saturated heterocycles. The summed E-state index contributed by atoms with van der Waals surface area (Å²) in [7, 11) is 0. The van der Waals surface area contributed by atoms with Crippen LogP contribution in [-0.2, 0) is 11.3 Å². The average molecular weight is 385 g/mol. The van der Waals surface area contributed by atoms with E-state index in [2.05, 4.69) is 15.7 Å². The second kappa shape index (κ2) is 8.46. The zero-order chi connectivity index (χ0) is 19.2. The van der Waals surface area contributed by atoms with Gasteiger partial charge in [-0.25, -0.2) is 0 Å². The molecule has 138 valence electrons. The van der Waals surface area contributed by atoms with Crippen LogP contribution in [0.4, 0.5) is 0 Å². The van der Waals surface area contributed by atoms with Gasteiger partial charge in [0.05, 0.1) is 11.7 Å². The van der Waals surface area contributed by atoms with E-state index < -0.39 is 0 Å². The van der Waals surface area contributed by atoms with Crippen molar-refractivity contribution in [2.45, 2.75) is 6.54 Å². The Kier molecular flexibility index (Phi) is 5.83. The van der Waals surface area contributed by atoms with Gasteiger partial charge in [0.15, 0.2) is 0 Å². The molecule has 2 N–H and O–H groups in total. The molecule has 1 heterocycles. The van der Waals surface area contributed by atoms with Gasteiger partial charge in [0.1, 0.15) is 6.54 Å². The van der Waals surface area contributed by atoms with Crippen molar-refractivity contribution in [3.8, 4) is 0 Å². The summed E-state index contributed by atoms with van der Waals surface area (Å²) in [5.41, 5.74) is 0.901. The third kappa shape index (κ3) is 4.71. The van der Waals surface area contributed by atoms with Gasteiger partial charge in [-0.15, -0.1) is 0 Å². The second-order valence-electron chi connectivity index (χ2n) is 5.80. The number of nitrogens with one attached hydrogen (secondary N) is 2. The molecular formula is C19H17ClN4O3. The maximum atomic E-state index is 12.1. The highest BCUT2D eigenvalue weighted by Crippen LogP contribution is 2.09. The lowest BCUT2D eigenvalue weighted by Crippen LogP contribution is -2.36. The van der Waals surface area contributed by atoms with Crippen LogP contribution in [0.5, 0.6) is 0 Å². The van der Waals surface area contributed by atoms with Crippen LogP contribution in [-0.4, -0.2) is 34.7 Å². The fraction of sp³-hybridized carbons (Fsp3) is 0.158. The molecule has 8 heteroatoms. The standard InChI is InChI=1S/C19H17ClN4O3/c20-14-7-5-13(6-8-14)19(27)22-10-9-21-18(26)12-24-16-4-2-1-3-15(16)17(25)11-23-24/h1-8,11H,9-10,12H2,(H,21,26)(H,22,27). The molecule has 0 unspecified atom stereocenters. The van der Waals surface area contributed by atoms with Crippen LogP contribution in [0.1, 0.15) is 10.4 Å². The number of para-hydroxylation sites is 1. The van der Waals surface area contributed by atoms with Gasteiger partial charge in [0, 0.05) is 29.1 Å². The molecule has 0 radical (unpaired) electrons. The molecule has 3 aromatic rings. The second-order valence-corrected chi connectivity index (χ2v) is 6.23. The maximum Gasteiger partial charge on any atom is 0.251 e. The molecule has 0 fully saturated rings. The molecule has 0 atom stereocenters. The Bertz CT molecular complexity index is 1030. The Balaban J connectivity index is 1.50. The predicted molar refractivity (Wildman–Crippen MR) is 103 cm³/mol. The van der Waals surface area contributed by atoms with Gasteiger partial charge >= 0.3 is 0 Å². The average Bonchev–Trinajstić information content (AvgIpc) is 2.68. The molecule has 0 bridgehead atoms. The minimum Gasteiger partial charge on any atom is -0.353 e. The SMILES string of the molecule is O=C(Cn1ncc(=O)c2ccccc21)NCCNC(=O)c1ccc(Cl)cc1. The number of carbonyl (C=O) groups is 2. The fourth-order valence-electron chi connectivity index (χ4n) is 2.56. The highest BCUT2D eigenvalue weighted by Gasteiger charge is 2.08. The topological polar surface area (TPSA) is 93.1 Å². The lowest BCUT2D eigenvalue weighted by atomic mass is 10.2. The fourth-order valence-corrected chi connectivity index (χ4v) is 2.69. The van der Waals surface area contributed by atoms with Gasteiger partial charge < -0.3 is 10.6 Å². The predicted octanol–water partition coefficient (Wildman–Crippen LogP) is 1.60. The molecule has 0 saturated carbocycles. The number of benzene rings is 2. The van der Waals surface area contributed by atoms with E-state index in [0.717, 1.165) is 0 Å². The summed E-state index contributed by atoms with van der Waals surface area (Å²) >= 11 is 5.79. The van der Waals surface area contributed by atoms with Crippen molar-refractivity contribution in [3.05, 3.63) is 75.5 Å². The maximum absolute atomic E-state index is 12.1. The van der Waals surface area contributed by atoms with Crippen LogP contribution in [0.3, 0.4) is 0 Å². The smallest absolute Gasteiger partial charge is 0.251 e. The Morgan fingerprint density at radius 1 is 1.00 bits per heavy atom. The van der Waals surface area contributed by atoms with Crippen LogP contribution in [0, 0.1) is 0 Å². The van der Waals surface area contributed by atoms with Crippen molar-refractivity contribution in [3.63, 3.8) is 0 Å². The minimum absolute atomic E-state index is 0.0219. The van der Waals surface area contributed by atoms with E-state index >= 15 is 0 Å². The van der Waals surface area contributed by atoms with Gasteiger partial charge in [-0.3, -0.25) is 19.1 Å². The molecule has 0 aliphatic heterocycles. The summed E-state index contributed by atoms with van der Waals surface area (Å²) < 4.78 is 1.47. The molecule has 2 amide bonds. The number of amides is 2. The summed E-state index contributed by atoms with van der Waals surface area (Å²) in [5, 5.41) is 10.5. The van der Waals surface area contributed by atoms with E-state index in [1.807, 2.05) is 0 Å². The molecule has 2 aromatic carbocycles. The number of fused-ring (bicyclic) bond motifs is 1. The summed E-state index contributed by atoms with van der Waals surface area (Å²) in [6.45, 7) is 0.535. The number of hydrogen-bond donors (Lipinski definition) is 2. The number of halogens is 1. The number of aromatic nitrogens is 2. The van der Waals surface area contributed by atoms with Gasteiger partial charge in [-0.2, -0.15) is 5.10 Å². The summed E-state index contributed by atoms with van der Waals surface area (Å²) in [6.07, 6.45) is 1.20. The molecule has 0 aliphatic carbocycles. The van der Waals surface area contributed by atoms with Crippen molar-refractivity contribution in [2.24, 2.45) is 0 Å². The van der Waals surface area contributed by atoms with Crippen LogP contribution in [0.15, 0.2) is 59.5 Å².